The molecular formula is C11H14ClF2NO. The first kappa shape index (κ1) is 13.2. The van der Waals surface area contributed by atoms with Gasteiger partial charge in [-0.2, -0.15) is 0 Å². The third kappa shape index (κ3) is 2.13. The molecule has 0 saturated heterocycles. The van der Waals surface area contributed by atoms with Crippen LogP contribution < -0.4 is 10.5 Å². The van der Waals surface area contributed by atoms with Crippen LogP contribution in [-0.2, 0) is 0 Å². The maximum atomic E-state index is 12.8. The number of para-hydroxylation sites is 1. The number of hydrogen-bond acceptors (Lipinski definition) is 2. The van der Waals surface area contributed by atoms with E-state index in [2.05, 4.69) is 0 Å². The number of ether oxygens (including phenoxy) is 1. The zero-order valence-electron chi connectivity index (χ0n) is 8.82. The van der Waals surface area contributed by atoms with Gasteiger partial charge in [0.1, 0.15) is 5.75 Å². The average Bonchev–Trinajstić information content (AvgIpc) is 2.17. The molecule has 1 aliphatic rings. The third-order valence-corrected chi connectivity index (χ3v) is 2.75. The molecule has 1 heterocycles. The molecule has 0 unspecified atom stereocenters. The van der Waals surface area contributed by atoms with E-state index in [0.29, 0.717) is 5.75 Å². The molecule has 1 aromatic rings. The Hall–Kier alpha value is -0.870. The van der Waals surface area contributed by atoms with Gasteiger partial charge in [0, 0.05) is 18.0 Å². The van der Waals surface area contributed by atoms with Crippen LogP contribution in [0.3, 0.4) is 0 Å². The van der Waals surface area contributed by atoms with Gasteiger partial charge in [-0.15, -0.1) is 12.4 Å². The summed E-state index contributed by atoms with van der Waals surface area (Å²) in [6.07, 6.45) is -2.39. The molecule has 16 heavy (non-hydrogen) atoms. The van der Waals surface area contributed by atoms with Gasteiger partial charge in [0.25, 0.3) is 6.43 Å². The number of nitrogens with two attached hydrogens (primary N) is 1. The SMILES string of the molecule is C[C@@]1(C(F)F)C[C@@H](N)c2ccccc2O1.Cl. The van der Waals surface area contributed by atoms with Crippen LogP contribution in [-0.4, -0.2) is 12.0 Å². The highest BCUT2D eigenvalue weighted by Crippen LogP contribution is 2.40. The van der Waals surface area contributed by atoms with Crippen molar-refractivity contribution in [3.8, 4) is 5.75 Å². The Morgan fingerprint density at radius 1 is 1.44 bits per heavy atom. The van der Waals surface area contributed by atoms with Crippen LogP contribution in [0.2, 0.25) is 0 Å². The average molecular weight is 250 g/mol. The number of alkyl halides is 2. The molecule has 1 aromatic carbocycles. The lowest BCUT2D eigenvalue weighted by atomic mass is 9.89. The fraction of sp³-hybridized carbons (Fsp3) is 0.455. The zero-order chi connectivity index (χ0) is 11.1. The molecule has 0 spiro atoms. The normalized spacial score (nSPS) is 27.9. The molecule has 2 rings (SSSR count). The van der Waals surface area contributed by atoms with Gasteiger partial charge >= 0.3 is 0 Å². The summed E-state index contributed by atoms with van der Waals surface area (Å²) in [5.74, 6) is 0.471. The Morgan fingerprint density at radius 3 is 2.69 bits per heavy atom. The van der Waals surface area contributed by atoms with Gasteiger partial charge in [-0.25, -0.2) is 8.78 Å². The summed E-state index contributed by atoms with van der Waals surface area (Å²) in [6, 6.07) is 6.68. The van der Waals surface area contributed by atoms with Gasteiger partial charge in [0.15, 0.2) is 5.60 Å². The van der Waals surface area contributed by atoms with E-state index in [4.69, 9.17) is 10.5 Å². The Bertz CT molecular complexity index is 375. The van der Waals surface area contributed by atoms with Crippen LogP contribution in [0, 0.1) is 0 Å². The van der Waals surface area contributed by atoms with Crippen molar-refractivity contribution in [1.29, 1.82) is 0 Å². The smallest absolute Gasteiger partial charge is 0.277 e. The van der Waals surface area contributed by atoms with Crippen LogP contribution in [0.4, 0.5) is 8.78 Å². The van der Waals surface area contributed by atoms with Gasteiger partial charge < -0.3 is 10.5 Å². The van der Waals surface area contributed by atoms with Crippen molar-refractivity contribution in [3.63, 3.8) is 0 Å². The van der Waals surface area contributed by atoms with Crippen molar-refractivity contribution in [3.05, 3.63) is 29.8 Å². The first-order chi connectivity index (χ1) is 7.03. The number of fused-ring (bicyclic) bond motifs is 1. The number of hydrogen-bond donors (Lipinski definition) is 1. The molecule has 2 N–H and O–H groups in total. The molecule has 5 heteroatoms. The Kier molecular flexibility index (Phi) is 3.76. The van der Waals surface area contributed by atoms with E-state index in [0.717, 1.165) is 5.56 Å². The second-order valence-electron chi connectivity index (χ2n) is 4.06. The molecule has 0 bridgehead atoms. The molecular weight excluding hydrogens is 236 g/mol. The van der Waals surface area contributed by atoms with Crippen molar-refractivity contribution < 1.29 is 13.5 Å². The minimum atomic E-state index is -2.53. The number of halogens is 3. The largest absolute Gasteiger partial charge is 0.481 e. The van der Waals surface area contributed by atoms with Gasteiger partial charge in [0.2, 0.25) is 0 Å². The van der Waals surface area contributed by atoms with E-state index in [1.807, 2.05) is 12.1 Å². The van der Waals surface area contributed by atoms with Gasteiger partial charge in [-0.05, 0) is 13.0 Å². The molecule has 0 amide bonds. The summed E-state index contributed by atoms with van der Waals surface area (Å²) in [6.45, 7) is 1.40. The summed E-state index contributed by atoms with van der Waals surface area (Å²) < 4.78 is 30.9. The lowest BCUT2D eigenvalue weighted by molar-refractivity contribution is -0.0808. The van der Waals surface area contributed by atoms with E-state index >= 15 is 0 Å². The summed E-state index contributed by atoms with van der Waals surface area (Å²) in [7, 11) is 0. The van der Waals surface area contributed by atoms with E-state index in [-0.39, 0.29) is 24.9 Å². The van der Waals surface area contributed by atoms with Crippen LogP contribution in [0.1, 0.15) is 24.9 Å². The van der Waals surface area contributed by atoms with E-state index in [1.54, 1.807) is 12.1 Å². The maximum Gasteiger partial charge on any atom is 0.277 e. The topological polar surface area (TPSA) is 35.2 Å². The highest BCUT2D eigenvalue weighted by Gasteiger charge is 2.43. The second kappa shape index (κ2) is 4.55. The van der Waals surface area contributed by atoms with E-state index < -0.39 is 12.0 Å². The predicted molar refractivity (Wildman–Crippen MR) is 60.3 cm³/mol. The standard InChI is InChI=1S/C11H13F2NO.ClH/c1-11(10(12)13)6-8(14)7-4-2-3-5-9(7)15-11;/h2-5,8,10H,6,14H2,1H3;1H/t8-,11+;/m1./s1. The Morgan fingerprint density at radius 2 is 2.06 bits per heavy atom. The summed E-state index contributed by atoms with van der Waals surface area (Å²) in [4.78, 5) is 0. The Balaban J connectivity index is 0.00000128. The minimum absolute atomic E-state index is 0. The molecule has 2 nitrogen and oxygen atoms in total. The lowest BCUT2D eigenvalue weighted by Crippen LogP contribution is -2.46. The summed E-state index contributed by atoms with van der Waals surface area (Å²) in [5.41, 5.74) is 5.18. The van der Waals surface area contributed by atoms with Crippen molar-refractivity contribution in [1.82, 2.24) is 0 Å². The third-order valence-electron chi connectivity index (χ3n) is 2.75. The highest BCUT2D eigenvalue weighted by atomic mass is 35.5. The molecule has 1 aliphatic heterocycles. The highest BCUT2D eigenvalue weighted by molar-refractivity contribution is 5.85. The fourth-order valence-electron chi connectivity index (χ4n) is 1.85. The summed E-state index contributed by atoms with van der Waals surface area (Å²) >= 11 is 0. The first-order valence-electron chi connectivity index (χ1n) is 4.84. The number of benzene rings is 1. The van der Waals surface area contributed by atoms with Crippen molar-refractivity contribution in [2.24, 2.45) is 5.73 Å². The van der Waals surface area contributed by atoms with Crippen molar-refractivity contribution in [2.75, 3.05) is 0 Å². The van der Waals surface area contributed by atoms with Crippen molar-refractivity contribution in [2.45, 2.75) is 31.4 Å². The monoisotopic (exact) mass is 249 g/mol. The second-order valence-corrected chi connectivity index (χ2v) is 4.06. The van der Waals surface area contributed by atoms with Crippen LogP contribution in [0.25, 0.3) is 0 Å². The number of rotatable bonds is 1. The molecule has 0 radical (unpaired) electrons. The van der Waals surface area contributed by atoms with Crippen LogP contribution in [0.5, 0.6) is 5.75 Å². The zero-order valence-corrected chi connectivity index (χ0v) is 9.64. The molecule has 90 valence electrons. The molecule has 0 saturated carbocycles. The fourth-order valence-corrected chi connectivity index (χ4v) is 1.85. The van der Waals surface area contributed by atoms with Crippen LogP contribution >= 0.6 is 12.4 Å². The van der Waals surface area contributed by atoms with Crippen LogP contribution in [0.15, 0.2) is 24.3 Å². The minimum Gasteiger partial charge on any atom is -0.481 e. The van der Waals surface area contributed by atoms with Gasteiger partial charge in [0.05, 0.1) is 0 Å². The predicted octanol–water partition coefficient (Wildman–Crippen LogP) is 2.91. The molecule has 2 atom stereocenters. The quantitative estimate of drug-likeness (QED) is 0.831. The first-order valence-corrected chi connectivity index (χ1v) is 4.84. The molecule has 0 aromatic heterocycles. The van der Waals surface area contributed by atoms with Gasteiger partial charge in [-0.1, -0.05) is 18.2 Å². The Labute approximate surface area is 99.2 Å². The van der Waals surface area contributed by atoms with Gasteiger partial charge in [-0.3, -0.25) is 0 Å². The summed E-state index contributed by atoms with van der Waals surface area (Å²) in [5, 5.41) is 0. The maximum absolute atomic E-state index is 12.8. The van der Waals surface area contributed by atoms with Crippen molar-refractivity contribution >= 4 is 12.4 Å². The molecule has 0 fully saturated rings. The van der Waals surface area contributed by atoms with E-state index in [1.165, 1.54) is 6.92 Å². The lowest BCUT2D eigenvalue weighted by Gasteiger charge is -2.37. The van der Waals surface area contributed by atoms with E-state index in [9.17, 15) is 8.78 Å². The molecule has 0 aliphatic carbocycles.